The second kappa shape index (κ2) is 17.1. The van der Waals surface area contributed by atoms with Crippen LogP contribution in [0.4, 0.5) is 0 Å². The van der Waals surface area contributed by atoms with Gasteiger partial charge in [0.25, 0.3) is 0 Å². The number of carbonyl (C=O) groups excluding carboxylic acids is 2. The lowest BCUT2D eigenvalue weighted by molar-refractivity contribution is -0.376. The van der Waals surface area contributed by atoms with Crippen LogP contribution >= 0.6 is 0 Å². The maximum absolute atomic E-state index is 12.4. The summed E-state index contributed by atoms with van der Waals surface area (Å²) in [5.74, 6) is -0.268. The van der Waals surface area contributed by atoms with Gasteiger partial charge in [-0.25, -0.2) is 4.98 Å². The Morgan fingerprint density at radius 1 is 1.19 bits per heavy atom. The fourth-order valence-electron chi connectivity index (χ4n) is 2.53. The van der Waals surface area contributed by atoms with Crippen LogP contribution in [0.25, 0.3) is 0 Å². The van der Waals surface area contributed by atoms with Gasteiger partial charge in [-0.1, -0.05) is 39.0 Å². The van der Waals surface area contributed by atoms with Crippen LogP contribution in [-0.4, -0.2) is 35.9 Å². The van der Waals surface area contributed by atoms with E-state index in [1.807, 2.05) is 0 Å². The topological polar surface area (TPSA) is 116 Å². The fraction of sp³-hybridized carbons (Fsp3) is 0.706. The molecular weight excluding hydrogens is 377 g/mol. The molecule has 1 unspecified atom stereocenters. The molecule has 26 heavy (non-hydrogen) atoms. The molecule has 0 saturated heterocycles. The van der Waals surface area contributed by atoms with Gasteiger partial charge in [0, 0.05) is 13.0 Å². The molecule has 1 aromatic heterocycles. The number of halogens is 2. The first-order valence-electron chi connectivity index (χ1n) is 9.07. The Labute approximate surface area is 168 Å². The summed E-state index contributed by atoms with van der Waals surface area (Å²) in [5.41, 5.74) is 4.55. The largest absolute Gasteiger partial charge is 1.00 e. The molecule has 0 spiro atoms. The van der Waals surface area contributed by atoms with Gasteiger partial charge in [0.2, 0.25) is 18.1 Å². The molecule has 0 fully saturated rings. The zero-order chi connectivity index (χ0) is 17.6. The van der Waals surface area contributed by atoms with E-state index in [1.165, 1.54) is 25.7 Å². The number of carbonyl (C=O) groups is 2. The van der Waals surface area contributed by atoms with Gasteiger partial charge in [0.05, 0.1) is 13.0 Å². The summed E-state index contributed by atoms with van der Waals surface area (Å²) in [6.07, 6.45) is 11.4. The molecule has 0 aromatic carbocycles. The lowest BCUT2D eigenvalue weighted by Crippen LogP contribution is -3.00. The molecule has 0 saturated carbocycles. The number of quaternary nitrogens is 1. The van der Waals surface area contributed by atoms with E-state index in [9.17, 15) is 9.59 Å². The van der Waals surface area contributed by atoms with E-state index in [1.54, 1.807) is 12.5 Å². The van der Waals surface area contributed by atoms with Crippen molar-refractivity contribution < 1.29 is 45.1 Å². The van der Waals surface area contributed by atoms with E-state index < -0.39 is 6.04 Å². The fourth-order valence-corrected chi connectivity index (χ4v) is 2.53. The van der Waals surface area contributed by atoms with Crippen LogP contribution in [0.3, 0.4) is 0 Å². The minimum Gasteiger partial charge on any atom is -1.00 e. The molecule has 2 amide bonds. The number of hydrogen-bond acceptors (Lipinski definition) is 2. The quantitative estimate of drug-likeness (QED) is 0.243. The standard InChI is InChI=1S/C17H31N5O2.2ClH/c1-2-3-4-5-6-7-10-20-17(24)15(22-16(23)8-9-18)11-14-12-19-13-21-14;;/h12-13,15H,2-11,18H2,1H3,(H,19,21)(H,20,24)(H,22,23);2*1H. The van der Waals surface area contributed by atoms with E-state index in [4.69, 9.17) is 0 Å². The Bertz CT molecular complexity index is 472. The zero-order valence-corrected chi connectivity index (χ0v) is 17.1. The van der Waals surface area contributed by atoms with Gasteiger partial charge in [0.15, 0.2) is 0 Å². The Hall–Kier alpha value is -1.31. The molecule has 1 rings (SSSR count). The van der Waals surface area contributed by atoms with Gasteiger partial charge >= 0.3 is 0 Å². The molecule has 0 aliphatic heterocycles. The third kappa shape index (κ3) is 12.1. The number of nitrogens with one attached hydrogen (secondary N) is 4. The average molecular weight is 410 g/mol. The second-order valence-electron chi connectivity index (χ2n) is 6.11. The van der Waals surface area contributed by atoms with Gasteiger partial charge in [0.1, 0.15) is 17.9 Å². The summed E-state index contributed by atoms with van der Waals surface area (Å²) >= 11 is 0. The lowest BCUT2D eigenvalue weighted by Gasteiger charge is -2.16. The molecular formula is C17H33Cl2N5O2. The summed E-state index contributed by atoms with van der Waals surface area (Å²) in [6, 6.07) is -0.559. The van der Waals surface area contributed by atoms with Crippen molar-refractivity contribution in [3.63, 3.8) is 0 Å². The smallest absolute Gasteiger partial charge is 0.243 e. The minimum atomic E-state index is -0.559. The lowest BCUT2D eigenvalue weighted by atomic mass is 10.1. The van der Waals surface area contributed by atoms with Crippen molar-refractivity contribution in [2.45, 2.75) is 64.3 Å². The van der Waals surface area contributed by atoms with Crippen LogP contribution in [0.15, 0.2) is 12.5 Å². The summed E-state index contributed by atoms with van der Waals surface area (Å²) in [5, 5.41) is 5.74. The summed E-state index contributed by atoms with van der Waals surface area (Å²) in [6.45, 7) is 3.38. The molecule has 9 heteroatoms. The van der Waals surface area contributed by atoms with Crippen LogP contribution in [0.1, 0.15) is 57.6 Å². The number of imidazole rings is 1. The molecule has 7 N–H and O–H groups in total. The van der Waals surface area contributed by atoms with Crippen molar-refractivity contribution in [2.75, 3.05) is 13.1 Å². The summed E-state index contributed by atoms with van der Waals surface area (Å²) < 4.78 is 0. The number of unbranched alkanes of at least 4 members (excludes halogenated alkanes) is 5. The molecule has 1 heterocycles. The number of rotatable bonds is 13. The number of aromatic nitrogens is 2. The van der Waals surface area contributed by atoms with E-state index in [0.717, 1.165) is 18.5 Å². The van der Waals surface area contributed by atoms with Crippen molar-refractivity contribution in [3.05, 3.63) is 18.2 Å². The Morgan fingerprint density at radius 3 is 2.50 bits per heavy atom. The average Bonchev–Trinajstić information content (AvgIpc) is 3.06. The Morgan fingerprint density at radius 2 is 1.88 bits per heavy atom. The first-order valence-corrected chi connectivity index (χ1v) is 9.07. The minimum absolute atomic E-state index is 0. The summed E-state index contributed by atoms with van der Waals surface area (Å²) in [7, 11) is 0. The number of hydrogen-bond donors (Lipinski definition) is 4. The molecule has 0 bridgehead atoms. The highest BCUT2D eigenvalue weighted by molar-refractivity contribution is 5.87. The molecule has 1 atom stereocenters. The first-order chi connectivity index (χ1) is 11.7. The third-order valence-electron chi connectivity index (χ3n) is 3.91. The van der Waals surface area contributed by atoms with Crippen molar-refractivity contribution in [1.29, 1.82) is 0 Å². The maximum atomic E-state index is 12.4. The second-order valence-corrected chi connectivity index (χ2v) is 6.11. The van der Waals surface area contributed by atoms with Crippen molar-refractivity contribution in [2.24, 2.45) is 0 Å². The molecule has 0 aliphatic carbocycles. The van der Waals surface area contributed by atoms with E-state index in [-0.39, 0.29) is 36.6 Å². The Balaban J connectivity index is 0. The predicted molar refractivity (Wildman–Crippen MR) is 91.7 cm³/mol. The van der Waals surface area contributed by atoms with E-state index >= 15 is 0 Å². The normalized spacial score (nSPS) is 11.0. The van der Waals surface area contributed by atoms with Gasteiger partial charge in [-0.3, -0.25) is 14.6 Å². The number of aromatic amines is 2. The Kier molecular flexibility index (Phi) is 17.7. The summed E-state index contributed by atoms with van der Waals surface area (Å²) in [4.78, 5) is 30.1. The molecule has 152 valence electrons. The SMILES string of the molecule is CCCCCCCCNC(=O)C(Cc1c[nH+]c[nH]1)NC(=O)CC[NH3+].[Cl-].[Cl-]. The zero-order valence-electron chi connectivity index (χ0n) is 15.6. The highest BCUT2D eigenvalue weighted by Gasteiger charge is 2.22. The van der Waals surface area contributed by atoms with Crippen LogP contribution in [0.5, 0.6) is 0 Å². The van der Waals surface area contributed by atoms with Crippen molar-refractivity contribution >= 4 is 11.8 Å². The third-order valence-corrected chi connectivity index (χ3v) is 3.91. The highest BCUT2D eigenvalue weighted by atomic mass is 35.5. The maximum Gasteiger partial charge on any atom is 0.243 e. The predicted octanol–water partition coefficient (Wildman–Crippen LogP) is -6.03. The van der Waals surface area contributed by atoms with Crippen molar-refractivity contribution in [1.82, 2.24) is 15.6 Å². The van der Waals surface area contributed by atoms with Gasteiger partial charge in [-0.05, 0) is 6.42 Å². The van der Waals surface area contributed by atoms with Gasteiger partial charge in [-0.15, -0.1) is 0 Å². The van der Waals surface area contributed by atoms with Crippen molar-refractivity contribution in [3.8, 4) is 0 Å². The van der Waals surface area contributed by atoms with E-state index in [2.05, 4.69) is 33.3 Å². The van der Waals surface area contributed by atoms with Crippen LogP contribution in [0.2, 0.25) is 0 Å². The number of amides is 2. The van der Waals surface area contributed by atoms with Crippen LogP contribution in [-0.2, 0) is 16.0 Å². The van der Waals surface area contributed by atoms with Crippen LogP contribution in [0, 0.1) is 0 Å². The molecule has 0 radical (unpaired) electrons. The highest BCUT2D eigenvalue weighted by Crippen LogP contribution is 2.04. The van der Waals surface area contributed by atoms with E-state index in [0.29, 0.717) is 25.9 Å². The molecule has 7 nitrogen and oxygen atoms in total. The number of H-pyrrole nitrogens is 2. The van der Waals surface area contributed by atoms with Gasteiger partial charge in [-0.2, -0.15) is 0 Å². The van der Waals surface area contributed by atoms with Crippen LogP contribution < -0.4 is 46.2 Å². The molecule has 0 aliphatic rings. The molecule has 1 aromatic rings. The first kappa shape index (κ1) is 26.9. The monoisotopic (exact) mass is 409 g/mol. The van der Waals surface area contributed by atoms with Gasteiger partial charge < -0.3 is 41.2 Å².